The fraction of sp³-hybridized carbons (Fsp3) is 0.917. The third kappa shape index (κ3) is 4.74. The molecule has 1 fully saturated rings. The highest BCUT2D eigenvalue weighted by atomic mass is 32.2. The van der Waals surface area contributed by atoms with Crippen LogP contribution in [0.5, 0.6) is 0 Å². The third-order valence-corrected chi connectivity index (χ3v) is 5.22. The first kappa shape index (κ1) is 16.4. The number of sulfonamides is 1. The van der Waals surface area contributed by atoms with Gasteiger partial charge < -0.3 is 10.5 Å². The van der Waals surface area contributed by atoms with Gasteiger partial charge in [0, 0.05) is 18.6 Å². The second-order valence-corrected chi connectivity index (χ2v) is 6.95. The van der Waals surface area contributed by atoms with Gasteiger partial charge in [-0.1, -0.05) is 6.42 Å². The summed E-state index contributed by atoms with van der Waals surface area (Å²) in [5.74, 6) is -0.671. The van der Waals surface area contributed by atoms with Crippen molar-refractivity contribution in [2.75, 3.05) is 18.9 Å². The Morgan fingerprint density at radius 3 is 2.74 bits per heavy atom. The van der Waals surface area contributed by atoms with Crippen LogP contribution in [0.3, 0.4) is 0 Å². The molecule has 0 radical (unpaired) electrons. The van der Waals surface area contributed by atoms with Crippen molar-refractivity contribution in [3.63, 3.8) is 0 Å². The molecule has 19 heavy (non-hydrogen) atoms. The molecule has 2 N–H and O–H groups in total. The van der Waals surface area contributed by atoms with Gasteiger partial charge in [0.1, 0.15) is 0 Å². The summed E-state index contributed by atoms with van der Waals surface area (Å²) < 4.78 is 30.8. The zero-order valence-electron chi connectivity index (χ0n) is 11.7. The number of hydrogen-bond donors (Lipinski definition) is 1. The summed E-state index contributed by atoms with van der Waals surface area (Å²) in [6.07, 6.45) is 2.53. The van der Waals surface area contributed by atoms with E-state index in [2.05, 4.69) is 0 Å². The van der Waals surface area contributed by atoms with Gasteiger partial charge in [0.25, 0.3) is 0 Å². The molecule has 0 saturated carbocycles. The van der Waals surface area contributed by atoms with E-state index in [9.17, 15) is 13.2 Å². The van der Waals surface area contributed by atoms with E-state index in [0.29, 0.717) is 6.54 Å². The SMILES string of the molecule is CCOC(=O)CCS(=O)(=O)N1CCCCC1C(C)N. The Morgan fingerprint density at radius 2 is 2.16 bits per heavy atom. The molecule has 1 aliphatic heterocycles. The maximum atomic E-state index is 12.3. The Bertz CT molecular complexity index is 395. The second kappa shape index (κ2) is 7.21. The lowest BCUT2D eigenvalue weighted by atomic mass is 10.00. The molecular formula is C12H24N2O4S. The van der Waals surface area contributed by atoms with Crippen LogP contribution in [0.2, 0.25) is 0 Å². The van der Waals surface area contributed by atoms with Crippen molar-refractivity contribution in [3.05, 3.63) is 0 Å². The number of esters is 1. The van der Waals surface area contributed by atoms with E-state index < -0.39 is 16.0 Å². The average Bonchev–Trinajstić information content (AvgIpc) is 2.37. The molecule has 0 aromatic heterocycles. The van der Waals surface area contributed by atoms with Gasteiger partial charge in [0.05, 0.1) is 18.8 Å². The fourth-order valence-electron chi connectivity index (χ4n) is 2.36. The lowest BCUT2D eigenvalue weighted by Crippen LogP contribution is -2.52. The van der Waals surface area contributed by atoms with Crippen LogP contribution in [0.25, 0.3) is 0 Å². The molecule has 2 unspecified atom stereocenters. The normalized spacial score (nSPS) is 23.0. The van der Waals surface area contributed by atoms with Crippen LogP contribution in [-0.4, -0.2) is 49.7 Å². The summed E-state index contributed by atoms with van der Waals surface area (Å²) in [6.45, 7) is 4.29. The molecular weight excluding hydrogens is 268 g/mol. The Morgan fingerprint density at radius 1 is 1.47 bits per heavy atom. The maximum Gasteiger partial charge on any atom is 0.306 e. The molecule has 0 aromatic rings. The molecule has 0 amide bonds. The standard InChI is InChI=1S/C12H24N2O4S/c1-3-18-12(15)7-9-19(16,17)14-8-5-4-6-11(14)10(2)13/h10-11H,3-9,13H2,1-2H3. The Balaban J connectivity index is 2.66. The summed E-state index contributed by atoms with van der Waals surface area (Å²) in [7, 11) is -3.44. The van der Waals surface area contributed by atoms with Gasteiger partial charge in [-0.2, -0.15) is 4.31 Å². The molecule has 112 valence electrons. The van der Waals surface area contributed by atoms with Crippen LogP contribution in [0.4, 0.5) is 0 Å². The molecule has 1 saturated heterocycles. The molecule has 0 aliphatic carbocycles. The average molecular weight is 292 g/mol. The van der Waals surface area contributed by atoms with Crippen LogP contribution in [0, 0.1) is 0 Å². The molecule has 1 rings (SSSR count). The minimum Gasteiger partial charge on any atom is -0.466 e. The number of ether oxygens (including phenoxy) is 1. The number of nitrogens with zero attached hydrogens (tertiary/aromatic N) is 1. The predicted molar refractivity (Wildman–Crippen MR) is 73.0 cm³/mol. The number of carbonyl (C=O) groups excluding carboxylic acids is 1. The van der Waals surface area contributed by atoms with E-state index in [0.717, 1.165) is 19.3 Å². The van der Waals surface area contributed by atoms with Gasteiger partial charge in [-0.05, 0) is 26.7 Å². The van der Waals surface area contributed by atoms with Crippen molar-refractivity contribution in [1.82, 2.24) is 4.31 Å². The van der Waals surface area contributed by atoms with Crippen molar-refractivity contribution < 1.29 is 17.9 Å². The highest BCUT2D eigenvalue weighted by molar-refractivity contribution is 7.89. The van der Waals surface area contributed by atoms with E-state index >= 15 is 0 Å². The zero-order chi connectivity index (χ0) is 14.5. The highest BCUT2D eigenvalue weighted by Gasteiger charge is 2.34. The minimum absolute atomic E-state index is 0.0989. The van der Waals surface area contributed by atoms with E-state index in [1.807, 2.05) is 6.92 Å². The number of nitrogens with two attached hydrogens (primary N) is 1. The van der Waals surface area contributed by atoms with Gasteiger partial charge in [0.15, 0.2) is 0 Å². The van der Waals surface area contributed by atoms with Crippen LogP contribution in [0.15, 0.2) is 0 Å². The highest BCUT2D eigenvalue weighted by Crippen LogP contribution is 2.22. The molecule has 0 bridgehead atoms. The second-order valence-electron chi connectivity index (χ2n) is 4.90. The van der Waals surface area contributed by atoms with Gasteiger partial charge in [-0.25, -0.2) is 8.42 Å². The third-order valence-electron chi connectivity index (χ3n) is 3.33. The van der Waals surface area contributed by atoms with E-state index in [-0.39, 0.29) is 30.9 Å². The molecule has 1 heterocycles. The first-order valence-corrected chi connectivity index (χ1v) is 8.40. The summed E-state index contributed by atoms with van der Waals surface area (Å²) in [4.78, 5) is 11.3. The van der Waals surface area contributed by atoms with Crippen molar-refractivity contribution in [2.24, 2.45) is 5.73 Å². The quantitative estimate of drug-likeness (QED) is 0.719. The molecule has 2 atom stereocenters. The first-order chi connectivity index (χ1) is 8.88. The summed E-state index contributed by atoms with van der Waals surface area (Å²) in [6, 6.07) is -0.349. The van der Waals surface area contributed by atoms with E-state index in [4.69, 9.17) is 10.5 Å². The van der Waals surface area contributed by atoms with Crippen LogP contribution >= 0.6 is 0 Å². The van der Waals surface area contributed by atoms with E-state index in [1.54, 1.807) is 6.92 Å². The Hall–Kier alpha value is -0.660. The lowest BCUT2D eigenvalue weighted by molar-refractivity contribution is -0.142. The molecule has 0 aromatic carbocycles. The Kier molecular flexibility index (Phi) is 6.22. The van der Waals surface area contributed by atoms with Crippen molar-refractivity contribution >= 4 is 16.0 Å². The maximum absolute atomic E-state index is 12.3. The zero-order valence-corrected chi connectivity index (χ0v) is 12.5. The first-order valence-electron chi connectivity index (χ1n) is 6.79. The molecule has 1 aliphatic rings. The minimum atomic E-state index is -3.44. The van der Waals surface area contributed by atoms with Gasteiger partial charge in [-0.3, -0.25) is 4.79 Å². The largest absolute Gasteiger partial charge is 0.466 e. The smallest absolute Gasteiger partial charge is 0.306 e. The molecule has 7 heteroatoms. The summed E-state index contributed by atoms with van der Waals surface area (Å²) in [5.41, 5.74) is 5.86. The fourth-order valence-corrected chi connectivity index (χ4v) is 4.14. The topological polar surface area (TPSA) is 89.7 Å². The van der Waals surface area contributed by atoms with Crippen LogP contribution in [0.1, 0.15) is 39.5 Å². The van der Waals surface area contributed by atoms with Crippen LogP contribution < -0.4 is 5.73 Å². The van der Waals surface area contributed by atoms with Gasteiger partial charge in [-0.15, -0.1) is 0 Å². The summed E-state index contributed by atoms with van der Waals surface area (Å²) in [5, 5.41) is 0. The molecule has 6 nitrogen and oxygen atoms in total. The molecule has 0 spiro atoms. The monoisotopic (exact) mass is 292 g/mol. The van der Waals surface area contributed by atoms with Crippen molar-refractivity contribution in [2.45, 2.75) is 51.6 Å². The van der Waals surface area contributed by atoms with Gasteiger partial charge >= 0.3 is 5.97 Å². The number of piperidine rings is 1. The number of hydrogen-bond acceptors (Lipinski definition) is 5. The van der Waals surface area contributed by atoms with Crippen molar-refractivity contribution in [3.8, 4) is 0 Å². The van der Waals surface area contributed by atoms with Crippen molar-refractivity contribution in [1.29, 1.82) is 0 Å². The van der Waals surface area contributed by atoms with Gasteiger partial charge in [0.2, 0.25) is 10.0 Å². The number of rotatable bonds is 6. The van der Waals surface area contributed by atoms with E-state index in [1.165, 1.54) is 4.31 Å². The van der Waals surface area contributed by atoms with Crippen LogP contribution in [-0.2, 0) is 19.6 Å². The summed E-state index contributed by atoms with van der Waals surface area (Å²) >= 11 is 0. The Labute approximate surface area is 115 Å². The predicted octanol–water partition coefficient (Wildman–Crippen LogP) is 0.471. The number of carbonyl (C=O) groups is 1. The lowest BCUT2D eigenvalue weighted by Gasteiger charge is -2.36.